The van der Waals surface area contributed by atoms with Crippen LogP contribution < -0.4 is 14.8 Å². The van der Waals surface area contributed by atoms with Crippen LogP contribution in [0.25, 0.3) is 0 Å². The van der Waals surface area contributed by atoms with Gasteiger partial charge in [-0.25, -0.2) is 0 Å². The summed E-state index contributed by atoms with van der Waals surface area (Å²) in [6.07, 6.45) is 4.97. The van der Waals surface area contributed by atoms with Gasteiger partial charge in [0, 0.05) is 31.6 Å². The number of methoxy groups -OCH3 is 2. The molecule has 1 N–H and O–H groups in total. The predicted octanol–water partition coefficient (Wildman–Crippen LogP) is 1.99. The topological polar surface area (TPSA) is 50.8 Å². The average molecular weight is 318 g/mol. The number of rotatable bonds is 7. The van der Waals surface area contributed by atoms with E-state index in [2.05, 4.69) is 10.2 Å². The highest BCUT2D eigenvalue weighted by molar-refractivity contribution is 5.76. The fourth-order valence-corrected chi connectivity index (χ4v) is 3.27. The van der Waals surface area contributed by atoms with E-state index < -0.39 is 0 Å². The maximum absolute atomic E-state index is 12.2. The maximum atomic E-state index is 12.2. The lowest BCUT2D eigenvalue weighted by atomic mass is 10.1. The summed E-state index contributed by atoms with van der Waals surface area (Å²) >= 11 is 0. The number of nitrogens with one attached hydrogen (secondary N) is 1. The normalized spacial score (nSPS) is 21.2. The van der Waals surface area contributed by atoms with Crippen molar-refractivity contribution < 1.29 is 14.3 Å². The highest BCUT2D eigenvalue weighted by Crippen LogP contribution is 2.30. The number of likely N-dealkylation sites (tertiary alicyclic amines) is 1. The van der Waals surface area contributed by atoms with E-state index in [1.54, 1.807) is 14.2 Å². The third-order valence-corrected chi connectivity index (χ3v) is 4.74. The lowest BCUT2D eigenvalue weighted by Gasteiger charge is -2.16. The van der Waals surface area contributed by atoms with Crippen LogP contribution in [0, 0.1) is 0 Å². The van der Waals surface area contributed by atoms with Crippen molar-refractivity contribution in [1.82, 2.24) is 10.2 Å². The van der Waals surface area contributed by atoms with Crippen molar-refractivity contribution in [2.45, 2.75) is 44.2 Å². The Balaban J connectivity index is 1.45. The van der Waals surface area contributed by atoms with Crippen molar-refractivity contribution in [3.63, 3.8) is 0 Å². The SMILES string of the molecule is COc1ccc(CCC(=O)N[C@H]2CCN(C3CC3)C2)cc1OC. The molecule has 23 heavy (non-hydrogen) atoms. The summed E-state index contributed by atoms with van der Waals surface area (Å²) in [5.74, 6) is 1.57. The third-order valence-electron chi connectivity index (χ3n) is 4.74. The quantitative estimate of drug-likeness (QED) is 0.835. The van der Waals surface area contributed by atoms with Crippen molar-refractivity contribution in [2.24, 2.45) is 0 Å². The summed E-state index contributed by atoms with van der Waals surface area (Å²) in [4.78, 5) is 14.7. The van der Waals surface area contributed by atoms with Gasteiger partial charge in [-0.15, -0.1) is 0 Å². The molecule has 0 aromatic heterocycles. The monoisotopic (exact) mass is 318 g/mol. The Kier molecular flexibility index (Phi) is 5.06. The fourth-order valence-electron chi connectivity index (χ4n) is 3.27. The molecule has 1 aliphatic heterocycles. The van der Waals surface area contributed by atoms with Crippen LogP contribution in [0.4, 0.5) is 0 Å². The molecule has 2 aliphatic rings. The number of amides is 1. The Morgan fingerprint density at radius 1 is 1.22 bits per heavy atom. The largest absolute Gasteiger partial charge is 0.493 e. The second-order valence-corrected chi connectivity index (χ2v) is 6.47. The number of ether oxygens (including phenoxy) is 2. The van der Waals surface area contributed by atoms with Gasteiger partial charge in [-0.1, -0.05) is 6.07 Å². The van der Waals surface area contributed by atoms with Crippen LogP contribution in [0.15, 0.2) is 18.2 Å². The molecule has 0 unspecified atom stereocenters. The smallest absolute Gasteiger partial charge is 0.220 e. The number of nitrogens with zero attached hydrogens (tertiary/aromatic N) is 1. The summed E-state index contributed by atoms with van der Waals surface area (Å²) in [7, 11) is 3.25. The van der Waals surface area contributed by atoms with Gasteiger partial charge in [0.1, 0.15) is 0 Å². The molecule has 3 rings (SSSR count). The van der Waals surface area contributed by atoms with Gasteiger partial charge in [0.25, 0.3) is 0 Å². The minimum absolute atomic E-state index is 0.141. The molecular weight excluding hydrogens is 292 g/mol. The average Bonchev–Trinajstić information content (AvgIpc) is 3.32. The highest BCUT2D eigenvalue weighted by atomic mass is 16.5. The van der Waals surface area contributed by atoms with Crippen molar-refractivity contribution in [3.05, 3.63) is 23.8 Å². The van der Waals surface area contributed by atoms with E-state index in [-0.39, 0.29) is 5.91 Å². The van der Waals surface area contributed by atoms with Crippen LogP contribution in [-0.2, 0) is 11.2 Å². The molecule has 126 valence electrons. The Morgan fingerprint density at radius 2 is 2.00 bits per heavy atom. The second kappa shape index (κ2) is 7.21. The van der Waals surface area contributed by atoms with Crippen LogP contribution in [0.2, 0.25) is 0 Å². The molecule has 5 heteroatoms. The lowest BCUT2D eigenvalue weighted by molar-refractivity contribution is -0.121. The Bertz CT molecular complexity index is 557. The molecule has 2 fully saturated rings. The summed E-state index contributed by atoms with van der Waals surface area (Å²) in [5, 5.41) is 3.18. The molecule has 0 spiro atoms. The zero-order chi connectivity index (χ0) is 16.2. The molecule has 0 bridgehead atoms. The standard InChI is InChI=1S/C18H26N2O3/c1-22-16-7-3-13(11-17(16)23-2)4-8-18(21)19-14-9-10-20(12-14)15-5-6-15/h3,7,11,14-15H,4-6,8-10,12H2,1-2H3,(H,19,21)/t14-/m0/s1. The van der Waals surface area contributed by atoms with E-state index in [0.29, 0.717) is 30.4 Å². The first-order chi connectivity index (χ1) is 11.2. The van der Waals surface area contributed by atoms with E-state index in [0.717, 1.165) is 31.1 Å². The number of hydrogen-bond donors (Lipinski definition) is 1. The molecule has 0 radical (unpaired) electrons. The van der Waals surface area contributed by atoms with Crippen molar-refractivity contribution >= 4 is 5.91 Å². The molecule has 1 atom stereocenters. The number of carbonyl (C=O) groups is 1. The molecule has 1 aromatic carbocycles. The second-order valence-electron chi connectivity index (χ2n) is 6.47. The van der Waals surface area contributed by atoms with Gasteiger partial charge >= 0.3 is 0 Å². The van der Waals surface area contributed by atoms with E-state index in [9.17, 15) is 4.79 Å². The van der Waals surface area contributed by atoms with Crippen LogP contribution in [0.1, 0.15) is 31.2 Å². The molecule has 1 aromatic rings. The molecular formula is C18H26N2O3. The fraction of sp³-hybridized carbons (Fsp3) is 0.611. The minimum Gasteiger partial charge on any atom is -0.493 e. The number of aryl methyl sites for hydroxylation is 1. The van der Waals surface area contributed by atoms with Crippen LogP contribution in [-0.4, -0.2) is 50.2 Å². The van der Waals surface area contributed by atoms with Gasteiger partial charge in [-0.05, 0) is 43.4 Å². The number of hydrogen-bond acceptors (Lipinski definition) is 4. The number of carbonyl (C=O) groups excluding carboxylic acids is 1. The van der Waals surface area contributed by atoms with Gasteiger partial charge in [0.15, 0.2) is 11.5 Å². The Hall–Kier alpha value is -1.75. The van der Waals surface area contributed by atoms with Crippen LogP contribution in [0.3, 0.4) is 0 Å². The molecule has 1 heterocycles. The maximum Gasteiger partial charge on any atom is 0.220 e. The van der Waals surface area contributed by atoms with Crippen molar-refractivity contribution in [2.75, 3.05) is 27.3 Å². The summed E-state index contributed by atoms with van der Waals surface area (Å²) < 4.78 is 10.5. The molecule has 5 nitrogen and oxygen atoms in total. The lowest BCUT2D eigenvalue weighted by Crippen LogP contribution is -2.37. The highest BCUT2D eigenvalue weighted by Gasteiger charge is 2.34. The van der Waals surface area contributed by atoms with Gasteiger partial charge in [0.2, 0.25) is 5.91 Å². The van der Waals surface area contributed by atoms with E-state index in [4.69, 9.17) is 9.47 Å². The van der Waals surface area contributed by atoms with Gasteiger partial charge in [-0.3, -0.25) is 9.69 Å². The van der Waals surface area contributed by atoms with E-state index in [1.165, 1.54) is 12.8 Å². The minimum atomic E-state index is 0.141. The zero-order valence-corrected chi connectivity index (χ0v) is 14.0. The summed E-state index contributed by atoms with van der Waals surface area (Å²) in [6, 6.07) is 6.93. The van der Waals surface area contributed by atoms with E-state index >= 15 is 0 Å². The first-order valence-electron chi connectivity index (χ1n) is 8.44. The molecule has 1 aliphatic carbocycles. The van der Waals surface area contributed by atoms with Crippen LogP contribution >= 0.6 is 0 Å². The molecule has 1 saturated carbocycles. The first kappa shape index (κ1) is 16.1. The van der Waals surface area contributed by atoms with E-state index in [1.807, 2.05) is 18.2 Å². The Morgan fingerprint density at radius 3 is 2.70 bits per heavy atom. The number of benzene rings is 1. The van der Waals surface area contributed by atoms with Gasteiger partial charge in [-0.2, -0.15) is 0 Å². The first-order valence-corrected chi connectivity index (χ1v) is 8.44. The predicted molar refractivity (Wildman–Crippen MR) is 89.0 cm³/mol. The zero-order valence-electron chi connectivity index (χ0n) is 14.0. The summed E-state index contributed by atoms with van der Waals surface area (Å²) in [5.41, 5.74) is 1.09. The summed E-state index contributed by atoms with van der Waals surface area (Å²) in [6.45, 7) is 2.15. The van der Waals surface area contributed by atoms with Crippen molar-refractivity contribution in [1.29, 1.82) is 0 Å². The van der Waals surface area contributed by atoms with Gasteiger partial charge < -0.3 is 14.8 Å². The van der Waals surface area contributed by atoms with Crippen molar-refractivity contribution in [3.8, 4) is 11.5 Å². The van der Waals surface area contributed by atoms with Gasteiger partial charge in [0.05, 0.1) is 14.2 Å². The van der Waals surface area contributed by atoms with Crippen LogP contribution in [0.5, 0.6) is 11.5 Å². The molecule has 1 saturated heterocycles. The molecule has 1 amide bonds. The Labute approximate surface area is 137 Å². The third kappa shape index (κ3) is 4.16.